The predicted molar refractivity (Wildman–Crippen MR) is 177 cm³/mol. The van der Waals surface area contributed by atoms with E-state index in [0.29, 0.717) is 37.4 Å². The molecule has 0 unspecified atom stereocenters. The van der Waals surface area contributed by atoms with Crippen molar-refractivity contribution in [3.05, 3.63) is 95.1 Å². The zero-order valence-corrected chi connectivity index (χ0v) is 27.9. The van der Waals surface area contributed by atoms with E-state index < -0.39 is 31.6 Å². The number of para-hydroxylation sites is 1. The van der Waals surface area contributed by atoms with E-state index in [2.05, 4.69) is 0 Å². The number of carbonyl (C=O) groups excluding carboxylic acids is 3. The first-order chi connectivity index (χ1) is 22.5. The van der Waals surface area contributed by atoms with E-state index in [-0.39, 0.29) is 43.5 Å². The summed E-state index contributed by atoms with van der Waals surface area (Å²) in [7, 11) is -3.47. The van der Waals surface area contributed by atoms with Gasteiger partial charge in [-0.1, -0.05) is 61.5 Å². The molecule has 2 saturated heterocycles. The summed E-state index contributed by atoms with van der Waals surface area (Å²) in [4.78, 5) is 45.6. The minimum Gasteiger partial charge on any atom is -0.447 e. The van der Waals surface area contributed by atoms with Crippen LogP contribution in [-0.4, -0.2) is 68.2 Å². The lowest BCUT2D eigenvalue weighted by Gasteiger charge is -2.37. The molecule has 1 N–H and O–H groups in total. The summed E-state index contributed by atoms with van der Waals surface area (Å²) in [6.07, 6.45) is -0.723. The van der Waals surface area contributed by atoms with Gasteiger partial charge in [0, 0.05) is 29.3 Å². The average Bonchev–Trinajstić information content (AvgIpc) is 3.69. The summed E-state index contributed by atoms with van der Waals surface area (Å²) in [6, 6.07) is 22.5. The van der Waals surface area contributed by atoms with Gasteiger partial charge in [-0.15, -0.1) is 0 Å². The first kappa shape index (κ1) is 31.5. The molecular formula is C36H40FN3O6Si. The van der Waals surface area contributed by atoms with Crippen LogP contribution in [0.1, 0.15) is 35.6 Å². The summed E-state index contributed by atoms with van der Waals surface area (Å²) in [5, 5.41) is 10.2. The van der Waals surface area contributed by atoms with Crippen LogP contribution in [0.25, 0.3) is 0 Å². The number of anilines is 2. The molecule has 0 saturated carbocycles. The second-order valence-electron chi connectivity index (χ2n) is 13.6. The van der Waals surface area contributed by atoms with Crippen LogP contribution in [0.15, 0.2) is 72.8 Å². The SMILES string of the molecule is C[C@H]1[C@H]([Si](C)(C)F)[C@@H](CC(=O)N2Cc3ccccc3C[C@H]2CO)O[C@]12C(=O)N(Cc1ccc(N3CCOC3=O)cc1)c1ccccc12. The standard InChI is InChI=1S/C36H40FN3O6Si/c1-23-33(47(2,3)37)31(19-32(42)39-21-26-9-5-4-8-25(26)18-28(39)22-41)46-36(23)29-10-6-7-11-30(29)40(34(36)43)20-24-12-14-27(15-13-24)38-16-17-45-35(38)44/h4-15,23,28,31,33,41H,16-22H2,1-3H3/t23-,28-,31+,33-,36+/m0/s1. The van der Waals surface area contributed by atoms with Gasteiger partial charge >= 0.3 is 6.09 Å². The topological polar surface area (TPSA) is 99.6 Å². The third-order valence-electron chi connectivity index (χ3n) is 10.5. The van der Waals surface area contributed by atoms with Crippen molar-refractivity contribution < 1.29 is 33.1 Å². The summed E-state index contributed by atoms with van der Waals surface area (Å²) in [5.74, 6) is -1.00. The zero-order valence-electron chi connectivity index (χ0n) is 26.9. The number of nitrogens with zero attached hydrogens (tertiary/aromatic N) is 3. The molecule has 1 spiro atoms. The first-order valence-corrected chi connectivity index (χ1v) is 19.3. The van der Waals surface area contributed by atoms with E-state index in [0.717, 1.165) is 22.4 Å². The number of halogens is 1. The molecule has 0 aromatic heterocycles. The molecule has 3 aromatic carbocycles. The normalized spacial score (nSPS) is 27.0. The Morgan fingerprint density at radius 1 is 1.02 bits per heavy atom. The van der Waals surface area contributed by atoms with Gasteiger partial charge in [0.15, 0.2) is 5.60 Å². The average molecular weight is 658 g/mol. The largest absolute Gasteiger partial charge is 0.447 e. The van der Waals surface area contributed by atoms with Crippen molar-refractivity contribution in [3.63, 3.8) is 0 Å². The molecule has 0 bridgehead atoms. The van der Waals surface area contributed by atoms with Crippen LogP contribution >= 0.6 is 0 Å². The number of aliphatic hydroxyl groups excluding tert-OH is 1. The van der Waals surface area contributed by atoms with E-state index in [9.17, 15) is 19.5 Å². The number of hydrogen-bond donors (Lipinski definition) is 1. The summed E-state index contributed by atoms with van der Waals surface area (Å²) >= 11 is 0. The molecule has 11 heteroatoms. The monoisotopic (exact) mass is 657 g/mol. The first-order valence-electron chi connectivity index (χ1n) is 16.3. The van der Waals surface area contributed by atoms with E-state index in [1.54, 1.807) is 27.8 Å². The molecule has 4 aliphatic rings. The number of fused-ring (bicyclic) bond motifs is 3. The molecule has 2 fully saturated rings. The molecule has 0 radical (unpaired) electrons. The lowest BCUT2D eigenvalue weighted by Crippen LogP contribution is -2.48. The van der Waals surface area contributed by atoms with Crippen LogP contribution in [-0.2, 0) is 44.2 Å². The number of cyclic esters (lactones) is 1. The maximum absolute atomic E-state index is 16.3. The van der Waals surface area contributed by atoms with Gasteiger partial charge in [-0.05, 0) is 54.4 Å². The third-order valence-corrected chi connectivity index (χ3v) is 12.9. The highest BCUT2D eigenvalue weighted by atomic mass is 28.4. The summed E-state index contributed by atoms with van der Waals surface area (Å²) in [6.45, 7) is 6.42. The smallest absolute Gasteiger partial charge is 0.414 e. The van der Waals surface area contributed by atoms with Crippen LogP contribution in [0.3, 0.4) is 0 Å². The quantitative estimate of drug-likeness (QED) is 0.274. The van der Waals surface area contributed by atoms with Gasteiger partial charge in [0.25, 0.3) is 5.91 Å². The maximum atomic E-state index is 16.3. The molecule has 9 nitrogen and oxygen atoms in total. The fraction of sp³-hybridized carbons (Fsp3) is 0.417. The van der Waals surface area contributed by atoms with E-state index in [1.165, 1.54) is 0 Å². The molecule has 3 amide bonds. The molecule has 47 heavy (non-hydrogen) atoms. The van der Waals surface area contributed by atoms with E-state index in [4.69, 9.17) is 9.47 Å². The lowest BCUT2D eigenvalue weighted by molar-refractivity contribution is -0.151. The van der Waals surface area contributed by atoms with E-state index >= 15 is 4.11 Å². The van der Waals surface area contributed by atoms with Crippen molar-refractivity contribution in [1.82, 2.24) is 4.90 Å². The van der Waals surface area contributed by atoms with Crippen LogP contribution in [0, 0.1) is 5.92 Å². The molecule has 0 aliphatic carbocycles. The highest BCUT2D eigenvalue weighted by Crippen LogP contribution is 2.60. The Labute approximate surface area is 275 Å². The number of benzene rings is 3. The highest BCUT2D eigenvalue weighted by Gasteiger charge is 2.67. The van der Waals surface area contributed by atoms with Gasteiger partial charge in [0.05, 0.1) is 44.0 Å². The van der Waals surface area contributed by atoms with Gasteiger partial charge < -0.3 is 28.5 Å². The number of amides is 3. The molecule has 4 heterocycles. The summed E-state index contributed by atoms with van der Waals surface area (Å²) < 4.78 is 28.2. The Morgan fingerprint density at radius 3 is 2.40 bits per heavy atom. The minimum atomic E-state index is -3.47. The van der Waals surface area contributed by atoms with Crippen LogP contribution < -0.4 is 9.80 Å². The fourth-order valence-corrected chi connectivity index (χ4v) is 10.8. The maximum Gasteiger partial charge on any atom is 0.414 e. The molecule has 7 rings (SSSR count). The van der Waals surface area contributed by atoms with Gasteiger partial charge in [-0.3, -0.25) is 14.5 Å². The zero-order chi connectivity index (χ0) is 33.1. The molecule has 4 aliphatic heterocycles. The Morgan fingerprint density at radius 2 is 1.72 bits per heavy atom. The number of ether oxygens (including phenoxy) is 2. The second kappa shape index (κ2) is 11.9. The van der Waals surface area contributed by atoms with Gasteiger partial charge in [-0.2, -0.15) is 0 Å². The number of hydrogen-bond acceptors (Lipinski definition) is 6. The van der Waals surface area contributed by atoms with E-state index in [1.807, 2.05) is 79.7 Å². The van der Waals surface area contributed by atoms with Crippen molar-refractivity contribution >= 4 is 37.7 Å². The molecule has 3 aromatic rings. The third kappa shape index (κ3) is 5.24. The molecule has 246 valence electrons. The lowest BCUT2D eigenvalue weighted by atomic mass is 9.82. The van der Waals surface area contributed by atoms with Crippen LogP contribution in [0.5, 0.6) is 0 Å². The number of rotatable bonds is 7. The van der Waals surface area contributed by atoms with Gasteiger partial charge in [-0.25, -0.2) is 4.79 Å². The Balaban J connectivity index is 1.18. The Kier molecular flexibility index (Phi) is 7.97. The minimum absolute atomic E-state index is 0.0778. The second-order valence-corrected chi connectivity index (χ2v) is 17.4. The molecule has 5 atom stereocenters. The van der Waals surface area contributed by atoms with Gasteiger partial charge in [0.2, 0.25) is 14.3 Å². The van der Waals surface area contributed by atoms with Crippen molar-refractivity contribution in [2.75, 3.05) is 29.6 Å². The Hall–Kier alpha value is -4.06. The number of carbonyl (C=O) groups is 3. The van der Waals surface area contributed by atoms with Crippen molar-refractivity contribution in [1.29, 1.82) is 0 Å². The van der Waals surface area contributed by atoms with Crippen molar-refractivity contribution in [3.8, 4) is 0 Å². The fourth-order valence-electron chi connectivity index (χ4n) is 8.28. The highest BCUT2D eigenvalue weighted by molar-refractivity contribution is 6.72. The predicted octanol–water partition coefficient (Wildman–Crippen LogP) is 5.30. The molecular weight excluding hydrogens is 617 g/mol. The van der Waals surface area contributed by atoms with Crippen LogP contribution in [0.2, 0.25) is 18.6 Å². The number of aliphatic hydroxyl groups is 1. The Bertz CT molecular complexity index is 1710. The van der Waals surface area contributed by atoms with Crippen LogP contribution in [0.4, 0.5) is 20.3 Å². The van der Waals surface area contributed by atoms with Gasteiger partial charge in [0.1, 0.15) is 6.61 Å². The summed E-state index contributed by atoms with van der Waals surface area (Å²) in [5.41, 5.74) is 3.05. The van der Waals surface area contributed by atoms with Crippen molar-refractivity contribution in [2.24, 2.45) is 5.92 Å². The van der Waals surface area contributed by atoms with Crippen molar-refractivity contribution in [2.45, 2.75) is 69.2 Å².